The Balaban J connectivity index is 2.01. The van der Waals surface area contributed by atoms with E-state index < -0.39 is 12.2 Å². The van der Waals surface area contributed by atoms with Crippen molar-refractivity contribution >= 4 is 10.8 Å². The second-order valence-corrected chi connectivity index (χ2v) is 6.73. The Hall–Kier alpha value is -1.75. The highest BCUT2D eigenvalue weighted by molar-refractivity contribution is 5.89. The van der Waals surface area contributed by atoms with E-state index in [2.05, 4.69) is 6.92 Å². The summed E-state index contributed by atoms with van der Waals surface area (Å²) in [5, 5.41) is 1.52. The number of benzene rings is 2. The van der Waals surface area contributed by atoms with Crippen molar-refractivity contribution in [2.45, 2.75) is 64.1 Å². The van der Waals surface area contributed by atoms with Crippen LogP contribution in [0.15, 0.2) is 36.4 Å². The molecular weight excluding hydrogens is 339 g/mol. The van der Waals surface area contributed by atoms with Crippen LogP contribution < -0.4 is 10.5 Å². The lowest BCUT2D eigenvalue weighted by molar-refractivity contribution is -0.149. The summed E-state index contributed by atoms with van der Waals surface area (Å²) in [4.78, 5) is 0. The first-order valence-corrected chi connectivity index (χ1v) is 9.41. The Morgan fingerprint density at radius 1 is 0.962 bits per heavy atom. The van der Waals surface area contributed by atoms with E-state index in [0.717, 1.165) is 18.2 Å². The van der Waals surface area contributed by atoms with Gasteiger partial charge in [0.1, 0.15) is 11.8 Å². The van der Waals surface area contributed by atoms with E-state index in [0.29, 0.717) is 17.7 Å². The molecule has 0 unspecified atom stereocenters. The van der Waals surface area contributed by atoms with E-state index in [9.17, 15) is 13.2 Å². The average molecular weight is 367 g/mol. The molecule has 1 atom stereocenters. The average Bonchev–Trinajstić information content (AvgIpc) is 2.62. The molecule has 2 aromatic carbocycles. The Kier molecular flexibility index (Phi) is 7.76. The van der Waals surface area contributed by atoms with Crippen molar-refractivity contribution in [2.24, 2.45) is 5.73 Å². The molecule has 0 aliphatic heterocycles. The first-order chi connectivity index (χ1) is 12.4. The monoisotopic (exact) mass is 367 g/mol. The SMILES string of the molecule is CCCCCCCCCOc1cc([C@H](N)C(F)(F)F)cc2ccccc12. The van der Waals surface area contributed by atoms with Gasteiger partial charge in [-0.2, -0.15) is 13.2 Å². The number of halogens is 3. The van der Waals surface area contributed by atoms with E-state index in [-0.39, 0.29) is 5.56 Å². The highest BCUT2D eigenvalue weighted by Crippen LogP contribution is 2.36. The van der Waals surface area contributed by atoms with Gasteiger partial charge in [0.2, 0.25) is 0 Å². The molecule has 0 aliphatic rings. The molecule has 26 heavy (non-hydrogen) atoms. The van der Waals surface area contributed by atoms with Gasteiger partial charge in [0.15, 0.2) is 0 Å². The van der Waals surface area contributed by atoms with Crippen LogP contribution in [0.4, 0.5) is 13.2 Å². The van der Waals surface area contributed by atoms with Crippen LogP contribution in [0.3, 0.4) is 0 Å². The molecule has 0 saturated carbocycles. The number of fused-ring (bicyclic) bond motifs is 1. The maximum Gasteiger partial charge on any atom is 0.407 e. The fraction of sp³-hybridized carbons (Fsp3) is 0.524. The van der Waals surface area contributed by atoms with Crippen LogP contribution in [0, 0.1) is 0 Å². The molecule has 2 aromatic rings. The summed E-state index contributed by atoms with van der Waals surface area (Å²) in [6.45, 7) is 2.69. The zero-order valence-electron chi connectivity index (χ0n) is 15.3. The summed E-state index contributed by atoms with van der Waals surface area (Å²) < 4.78 is 44.8. The van der Waals surface area contributed by atoms with Gasteiger partial charge in [-0.3, -0.25) is 0 Å². The van der Waals surface area contributed by atoms with Crippen molar-refractivity contribution in [2.75, 3.05) is 6.61 Å². The van der Waals surface area contributed by atoms with Crippen LogP contribution in [0.5, 0.6) is 5.75 Å². The van der Waals surface area contributed by atoms with Crippen LogP contribution in [0.2, 0.25) is 0 Å². The maximum atomic E-state index is 13.0. The summed E-state index contributed by atoms with van der Waals surface area (Å²) in [6.07, 6.45) is 3.66. The molecule has 5 heteroatoms. The predicted molar refractivity (Wildman–Crippen MR) is 100 cm³/mol. The minimum absolute atomic E-state index is 0.0331. The quantitative estimate of drug-likeness (QED) is 0.484. The number of alkyl halides is 3. The summed E-state index contributed by atoms with van der Waals surface area (Å²) in [5.41, 5.74) is 5.42. The zero-order chi connectivity index (χ0) is 19.0. The molecule has 2 rings (SSSR count). The third-order valence-corrected chi connectivity index (χ3v) is 4.56. The van der Waals surface area contributed by atoms with Crippen LogP contribution in [0.1, 0.15) is 63.5 Å². The second-order valence-electron chi connectivity index (χ2n) is 6.73. The molecule has 2 N–H and O–H groups in total. The van der Waals surface area contributed by atoms with Gasteiger partial charge in [-0.15, -0.1) is 0 Å². The Bertz CT molecular complexity index is 685. The van der Waals surface area contributed by atoms with E-state index in [1.807, 2.05) is 12.1 Å². The molecule has 0 bridgehead atoms. The van der Waals surface area contributed by atoms with Gasteiger partial charge in [0.25, 0.3) is 0 Å². The molecule has 0 heterocycles. The van der Waals surface area contributed by atoms with Crippen LogP contribution in [-0.4, -0.2) is 12.8 Å². The van der Waals surface area contributed by atoms with Crippen molar-refractivity contribution in [3.8, 4) is 5.75 Å². The highest BCUT2D eigenvalue weighted by Gasteiger charge is 2.38. The van der Waals surface area contributed by atoms with Crippen LogP contribution in [0.25, 0.3) is 10.8 Å². The molecule has 0 spiro atoms. The summed E-state index contributed by atoms with van der Waals surface area (Å²) in [6, 6.07) is 8.21. The van der Waals surface area contributed by atoms with Crippen molar-refractivity contribution < 1.29 is 17.9 Å². The van der Waals surface area contributed by atoms with E-state index in [4.69, 9.17) is 10.5 Å². The van der Waals surface area contributed by atoms with Crippen molar-refractivity contribution in [3.05, 3.63) is 42.0 Å². The minimum Gasteiger partial charge on any atom is -0.493 e. The Labute approximate surface area is 153 Å². The van der Waals surface area contributed by atoms with Crippen molar-refractivity contribution in [1.82, 2.24) is 0 Å². The fourth-order valence-electron chi connectivity index (χ4n) is 3.03. The van der Waals surface area contributed by atoms with Gasteiger partial charge in [-0.05, 0) is 29.5 Å². The van der Waals surface area contributed by atoms with Crippen molar-refractivity contribution in [3.63, 3.8) is 0 Å². The predicted octanol–water partition coefficient (Wildman–Crippen LogP) is 6.53. The minimum atomic E-state index is -4.47. The first kappa shape index (κ1) is 20.6. The van der Waals surface area contributed by atoms with E-state index in [1.54, 1.807) is 12.1 Å². The smallest absolute Gasteiger partial charge is 0.407 e. The standard InChI is InChI=1S/C21H28F3NO/c1-2-3-4-5-6-7-10-13-26-19-15-17(20(25)21(22,23)24)14-16-11-8-9-12-18(16)19/h8-9,11-12,14-15,20H,2-7,10,13,25H2,1H3/t20-/m0/s1. The topological polar surface area (TPSA) is 35.2 Å². The second kappa shape index (κ2) is 9.81. The van der Waals surface area contributed by atoms with Gasteiger partial charge in [0, 0.05) is 5.39 Å². The third kappa shape index (κ3) is 5.90. The normalized spacial score (nSPS) is 13.1. The number of hydrogen-bond donors (Lipinski definition) is 1. The number of hydrogen-bond acceptors (Lipinski definition) is 2. The van der Waals surface area contributed by atoms with Crippen LogP contribution in [-0.2, 0) is 0 Å². The number of unbranched alkanes of at least 4 members (excludes halogenated alkanes) is 6. The lowest BCUT2D eigenvalue weighted by Crippen LogP contribution is -2.28. The molecule has 0 amide bonds. The first-order valence-electron chi connectivity index (χ1n) is 9.41. The molecule has 0 fully saturated rings. The Morgan fingerprint density at radius 3 is 2.31 bits per heavy atom. The lowest BCUT2D eigenvalue weighted by Gasteiger charge is -2.18. The highest BCUT2D eigenvalue weighted by atomic mass is 19.4. The van der Waals surface area contributed by atoms with Crippen molar-refractivity contribution in [1.29, 1.82) is 0 Å². The maximum absolute atomic E-state index is 13.0. The molecule has 0 radical (unpaired) electrons. The molecule has 144 valence electrons. The van der Waals surface area contributed by atoms with Gasteiger partial charge >= 0.3 is 6.18 Å². The van der Waals surface area contributed by atoms with E-state index >= 15 is 0 Å². The number of rotatable bonds is 10. The summed E-state index contributed by atoms with van der Waals surface area (Å²) in [7, 11) is 0. The van der Waals surface area contributed by atoms with Crippen LogP contribution >= 0.6 is 0 Å². The van der Waals surface area contributed by atoms with Gasteiger partial charge in [-0.1, -0.05) is 69.7 Å². The lowest BCUT2D eigenvalue weighted by atomic mass is 10.0. The van der Waals surface area contributed by atoms with Gasteiger partial charge in [0.05, 0.1) is 6.61 Å². The van der Waals surface area contributed by atoms with Gasteiger partial charge in [-0.25, -0.2) is 0 Å². The Morgan fingerprint density at radius 2 is 1.62 bits per heavy atom. The molecule has 2 nitrogen and oxygen atoms in total. The van der Waals surface area contributed by atoms with E-state index in [1.165, 1.54) is 44.2 Å². The molecule has 0 aromatic heterocycles. The molecular formula is C21H28F3NO. The third-order valence-electron chi connectivity index (χ3n) is 4.56. The summed E-state index contributed by atoms with van der Waals surface area (Å²) >= 11 is 0. The largest absolute Gasteiger partial charge is 0.493 e. The summed E-state index contributed by atoms with van der Waals surface area (Å²) in [5.74, 6) is 0.476. The number of nitrogens with two attached hydrogens (primary N) is 1. The fourth-order valence-corrected chi connectivity index (χ4v) is 3.03. The molecule has 0 saturated heterocycles. The number of ether oxygens (including phenoxy) is 1. The molecule has 0 aliphatic carbocycles. The zero-order valence-corrected chi connectivity index (χ0v) is 15.3. The van der Waals surface area contributed by atoms with Gasteiger partial charge < -0.3 is 10.5 Å².